The second-order valence-electron chi connectivity index (χ2n) is 6.93. The van der Waals surface area contributed by atoms with Gasteiger partial charge in [-0.15, -0.1) is 0 Å². The summed E-state index contributed by atoms with van der Waals surface area (Å²) in [7, 11) is -1.34. The van der Waals surface area contributed by atoms with Crippen LogP contribution in [0, 0.1) is 6.92 Å². The van der Waals surface area contributed by atoms with Crippen molar-refractivity contribution in [2.45, 2.75) is 54.7 Å². The van der Waals surface area contributed by atoms with Crippen molar-refractivity contribution in [2.75, 3.05) is 12.4 Å². The summed E-state index contributed by atoms with van der Waals surface area (Å²) in [6.07, 6.45) is 0.465. The highest BCUT2D eigenvalue weighted by atomic mass is 79.9. The molecule has 28 heavy (non-hydrogen) atoms. The first-order valence-corrected chi connectivity index (χ1v) is 11.8. The van der Waals surface area contributed by atoms with E-state index >= 15 is 0 Å². The van der Waals surface area contributed by atoms with Gasteiger partial charge in [0.2, 0.25) is 0 Å². The van der Waals surface area contributed by atoms with Gasteiger partial charge in [-0.2, -0.15) is 0 Å². The van der Waals surface area contributed by atoms with Crippen LogP contribution in [0.3, 0.4) is 0 Å². The Kier molecular flexibility index (Phi) is 10.4. The molecule has 0 aliphatic heterocycles. The Labute approximate surface area is 178 Å². The molecule has 0 bridgehead atoms. The van der Waals surface area contributed by atoms with E-state index in [2.05, 4.69) is 15.9 Å². The molecule has 0 aromatic heterocycles. The molecule has 6 heteroatoms. The normalized spacial score (nSPS) is 15.7. The molecule has 0 heterocycles. The molecular weight excluding hydrogens is 440 g/mol. The zero-order chi connectivity index (χ0) is 20.4. The van der Waals surface area contributed by atoms with Crippen LogP contribution in [0.2, 0.25) is 0 Å². The predicted molar refractivity (Wildman–Crippen MR) is 117 cm³/mol. The Bertz CT molecular complexity index is 708. The van der Waals surface area contributed by atoms with Crippen LogP contribution in [-0.4, -0.2) is 43.8 Å². The third kappa shape index (κ3) is 8.13. The third-order valence-electron chi connectivity index (χ3n) is 4.50. The minimum absolute atomic E-state index is 0.0204. The fraction of sp³-hybridized carbons (Fsp3) is 0.455. The zero-order valence-corrected chi connectivity index (χ0v) is 18.6. The maximum absolute atomic E-state index is 12.4. The number of hydrogen-bond acceptors (Lipinski definition) is 4. The van der Waals surface area contributed by atoms with Gasteiger partial charge in [0, 0.05) is 16.3 Å². The smallest absolute Gasteiger partial charge is 0.0932 e. The molecule has 2 N–H and O–H groups in total. The fourth-order valence-electron chi connectivity index (χ4n) is 2.76. The fourth-order valence-corrected chi connectivity index (χ4v) is 4.58. The van der Waals surface area contributed by atoms with E-state index in [9.17, 15) is 14.4 Å². The highest BCUT2D eigenvalue weighted by Gasteiger charge is 2.26. The van der Waals surface area contributed by atoms with Crippen molar-refractivity contribution in [1.29, 1.82) is 0 Å². The van der Waals surface area contributed by atoms with Crippen LogP contribution in [0.4, 0.5) is 0 Å². The molecule has 4 atom stereocenters. The van der Waals surface area contributed by atoms with Gasteiger partial charge in [0.25, 0.3) is 0 Å². The number of rotatable bonds is 12. The van der Waals surface area contributed by atoms with Gasteiger partial charge in [0.15, 0.2) is 0 Å². The molecule has 0 aliphatic rings. The van der Waals surface area contributed by atoms with Gasteiger partial charge in [-0.25, -0.2) is 0 Å². The van der Waals surface area contributed by atoms with Crippen LogP contribution in [0.1, 0.15) is 30.4 Å². The minimum atomic E-state index is -1.34. The summed E-state index contributed by atoms with van der Waals surface area (Å²) in [6, 6.07) is 17.4. The number of aliphatic hydroxyl groups is 2. The molecule has 2 aromatic rings. The number of aliphatic hydroxyl groups excluding tert-OH is 2. The van der Waals surface area contributed by atoms with Crippen LogP contribution in [0.25, 0.3) is 0 Å². The lowest BCUT2D eigenvalue weighted by Gasteiger charge is -2.22. The molecule has 0 saturated carbocycles. The average molecular weight is 469 g/mol. The summed E-state index contributed by atoms with van der Waals surface area (Å²) in [5.41, 5.74) is 2.25. The monoisotopic (exact) mass is 468 g/mol. The summed E-state index contributed by atoms with van der Waals surface area (Å²) in [5.74, 6) is 0.0204. The van der Waals surface area contributed by atoms with Crippen LogP contribution in [-0.2, 0) is 22.1 Å². The Morgan fingerprint density at radius 1 is 1.04 bits per heavy atom. The highest BCUT2D eigenvalue weighted by Crippen LogP contribution is 2.19. The van der Waals surface area contributed by atoms with Crippen LogP contribution in [0.5, 0.6) is 0 Å². The molecular formula is C22H29BrO4S. The maximum atomic E-state index is 12.4. The van der Waals surface area contributed by atoms with E-state index in [1.165, 1.54) is 0 Å². The van der Waals surface area contributed by atoms with Crippen molar-refractivity contribution in [2.24, 2.45) is 0 Å². The van der Waals surface area contributed by atoms with Crippen molar-refractivity contribution in [3.05, 3.63) is 65.7 Å². The van der Waals surface area contributed by atoms with Crippen molar-refractivity contribution in [1.82, 2.24) is 0 Å². The molecule has 154 valence electrons. The van der Waals surface area contributed by atoms with E-state index in [1.54, 1.807) is 12.1 Å². The summed E-state index contributed by atoms with van der Waals surface area (Å²) in [4.78, 5) is 0.421. The molecule has 0 spiro atoms. The molecule has 0 fully saturated rings. The SMILES string of the molecule is Cc1ccc([S@](=O)C[C@H](O)[C@@H](O)[C@@H](Br)CCCCOCc2ccccc2)cc1. The van der Waals surface area contributed by atoms with Gasteiger partial charge in [0.1, 0.15) is 0 Å². The quantitative estimate of drug-likeness (QED) is 0.365. The minimum Gasteiger partial charge on any atom is -0.389 e. The lowest BCUT2D eigenvalue weighted by atomic mass is 10.1. The van der Waals surface area contributed by atoms with E-state index in [0.29, 0.717) is 24.5 Å². The van der Waals surface area contributed by atoms with Gasteiger partial charge < -0.3 is 14.9 Å². The lowest BCUT2D eigenvalue weighted by Crippen LogP contribution is -2.37. The average Bonchev–Trinajstić information content (AvgIpc) is 2.71. The Morgan fingerprint density at radius 3 is 2.39 bits per heavy atom. The number of aryl methyl sites for hydroxylation is 1. The maximum Gasteiger partial charge on any atom is 0.0932 e. The molecule has 0 aliphatic carbocycles. The van der Waals surface area contributed by atoms with Gasteiger partial charge in [-0.1, -0.05) is 64.0 Å². The second-order valence-corrected chi connectivity index (χ2v) is 9.61. The van der Waals surface area contributed by atoms with Crippen LogP contribution >= 0.6 is 15.9 Å². The number of alkyl halides is 1. The number of ether oxygens (including phenoxy) is 1. The highest BCUT2D eigenvalue weighted by molar-refractivity contribution is 9.09. The topological polar surface area (TPSA) is 66.8 Å². The third-order valence-corrected chi connectivity index (χ3v) is 6.94. The van der Waals surface area contributed by atoms with E-state index in [0.717, 1.165) is 24.0 Å². The zero-order valence-electron chi connectivity index (χ0n) is 16.2. The largest absolute Gasteiger partial charge is 0.389 e. The Balaban J connectivity index is 1.63. The molecule has 2 aromatic carbocycles. The van der Waals surface area contributed by atoms with Gasteiger partial charge >= 0.3 is 0 Å². The predicted octanol–water partition coefficient (Wildman–Crippen LogP) is 3.98. The van der Waals surface area contributed by atoms with Crippen molar-refractivity contribution in [3.8, 4) is 0 Å². The molecule has 4 nitrogen and oxygen atoms in total. The standard InChI is InChI=1S/C22H29BrO4S/c1-17-10-12-19(13-11-17)28(26)16-21(24)22(25)20(23)9-5-6-14-27-15-18-7-3-2-4-8-18/h2-4,7-8,10-13,20-22,24-25H,5-6,9,14-16H2,1H3/t20-,21-,22-,28+/m0/s1. The summed E-state index contributed by atoms with van der Waals surface area (Å²) < 4.78 is 18.0. The van der Waals surface area contributed by atoms with E-state index < -0.39 is 23.0 Å². The van der Waals surface area contributed by atoms with Gasteiger partial charge in [0.05, 0.1) is 35.4 Å². The van der Waals surface area contributed by atoms with Crippen molar-refractivity contribution in [3.63, 3.8) is 0 Å². The second kappa shape index (κ2) is 12.5. The van der Waals surface area contributed by atoms with Gasteiger partial charge in [-0.3, -0.25) is 4.21 Å². The van der Waals surface area contributed by atoms with Crippen LogP contribution < -0.4 is 0 Å². The first-order chi connectivity index (χ1) is 13.5. The summed E-state index contributed by atoms with van der Waals surface area (Å²) >= 11 is 3.46. The van der Waals surface area contributed by atoms with E-state index in [4.69, 9.17) is 4.74 Å². The van der Waals surface area contributed by atoms with Gasteiger partial charge in [-0.05, 0) is 43.9 Å². The van der Waals surface area contributed by atoms with E-state index in [-0.39, 0.29) is 10.6 Å². The lowest BCUT2D eigenvalue weighted by molar-refractivity contribution is 0.0317. The van der Waals surface area contributed by atoms with Crippen molar-refractivity contribution < 1.29 is 19.2 Å². The Morgan fingerprint density at radius 2 is 1.71 bits per heavy atom. The number of benzene rings is 2. The van der Waals surface area contributed by atoms with Crippen molar-refractivity contribution >= 4 is 26.7 Å². The number of halogens is 1. The Hall–Kier alpha value is -1.05. The first-order valence-electron chi connectivity index (χ1n) is 9.54. The molecule has 0 radical (unpaired) electrons. The molecule has 0 amide bonds. The number of hydrogen-bond donors (Lipinski definition) is 2. The molecule has 2 rings (SSSR count). The summed E-state index contributed by atoms with van der Waals surface area (Å²) in [5, 5.41) is 20.6. The van der Waals surface area contributed by atoms with E-state index in [1.807, 2.05) is 49.4 Å². The molecule has 0 saturated heterocycles. The molecule has 0 unspecified atom stereocenters. The number of unbranched alkanes of at least 4 members (excludes halogenated alkanes) is 1. The summed E-state index contributed by atoms with van der Waals surface area (Å²) in [6.45, 7) is 3.23. The van der Waals surface area contributed by atoms with Crippen LogP contribution in [0.15, 0.2) is 59.5 Å². The first kappa shape index (κ1) is 23.2.